The third kappa shape index (κ3) is 9.16. The average molecular weight is 381 g/mol. The first-order chi connectivity index (χ1) is 13.8. The van der Waals surface area contributed by atoms with Crippen molar-refractivity contribution in [3.05, 3.63) is 54.1 Å². The van der Waals surface area contributed by atoms with E-state index in [1.165, 1.54) is 56.9 Å². The second-order valence-electron chi connectivity index (χ2n) is 7.43. The Bertz CT molecular complexity index is 662. The Kier molecular flexibility index (Phi) is 11.0. The fourth-order valence-electron chi connectivity index (χ4n) is 3.11. The van der Waals surface area contributed by atoms with Crippen molar-refractivity contribution in [2.45, 2.75) is 78.1 Å². The molecule has 2 aromatic rings. The van der Waals surface area contributed by atoms with E-state index in [9.17, 15) is 0 Å². The average Bonchev–Trinajstić information content (AvgIpc) is 2.74. The van der Waals surface area contributed by atoms with E-state index in [-0.39, 0.29) is 0 Å². The third-order valence-corrected chi connectivity index (χ3v) is 4.89. The van der Waals surface area contributed by atoms with Crippen LogP contribution in [0.25, 0.3) is 0 Å². The van der Waals surface area contributed by atoms with E-state index in [0.717, 1.165) is 36.6 Å². The lowest BCUT2D eigenvalue weighted by Gasteiger charge is -2.05. The molecule has 28 heavy (non-hydrogen) atoms. The smallest absolute Gasteiger partial charge is 0.119 e. The number of unbranched alkanes of at least 4 members (excludes halogenated alkanes) is 7. The van der Waals surface area contributed by atoms with E-state index in [1.807, 2.05) is 24.3 Å². The van der Waals surface area contributed by atoms with Crippen LogP contribution in [0.3, 0.4) is 0 Å². The minimum atomic E-state index is 0.778. The van der Waals surface area contributed by atoms with Gasteiger partial charge in [0.05, 0.1) is 18.0 Å². The molecule has 0 N–H and O–H groups in total. The Balaban J connectivity index is 1.73. The molecule has 0 fully saturated rings. The highest BCUT2D eigenvalue weighted by atomic mass is 16.5. The lowest BCUT2D eigenvalue weighted by molar-refractivity contribution is 0.306. The number of nitrogens with zero attached hydrogens (tertiary/aromatic N) is 2. The number of aryl methyl sites for hydroxylation is 1. The SMILES string of the molecule is CCCCCCCCc1ccc(N=Nc2ccc(OCCCCC)cc2)cc1. The topological polar surface area (TPSA) is 34.0 Å². The summed E-state index contributed by atoms with van der Waals surface area (Å²) >= 11 is 0. The Morgan fingerprint density at radius 3 is 1.79 bits per heavy atom. The Labute approximate surface area is 171 Å². The number of hydrogen-bond acceptors (Lipinski definition) is 3. The molecule has 0 aromatic heterocycles. The number of azo groups is 1. The van der Waals surface area contributed by atoms with Crippen LogP contribution < -0.4 is 4.74 Å². The Morgan fingerprint density at radius 2 is 1.14 bits per heavy atom. The quantitative estimate of drug-likeness (QED) is 0.239. The van der Waals surface area contributed by atoms with Gasteiger partial charge in [-0.15, -0.1) is 0 Å². The van der Waals surface area contributed by atoms with Crippen molar-refractivity contribution in [2.75, 3.05) is 6.61 Å². The maximum Gasteiger partial charge on any atom is 0.119 e. The molecule has 0 saturated heterocycles. The molecule has 0 atom stereocenters. The molecule has 0 aliphatic carbocycles. The van der Waals surface area contributed by atoms with E-state index in [2.05, 4.69) is 48.3 Å². The first-order valence-electron chi connectivity index (χ1n) is 11.1. The van der Waals surface area contributed by atoms with Gasteiger partial charge in [0.1, 0.15) is 5.75 Å². The summed E-state index contributed by atoms with van der Waals surface area (Å²) < 4.78 is 5.73. The zero-order valence-corrected chi connectivity index (χ0v) is 17.7. The van der Waals surface area contributed by atoms with Gasteiger partial charge in [-0.05, 0) is 61.2 Å². The number of rotatable bonds is 14. The minimum Gasteiger partial charge on any atom is -0.494 e. The maximum atomic E-state index is 5.73. The molecule has 2 aromatic carbocycles. The standard InChI is InChI=1S/C25H36N2O/c1-3-5-7-8-9-10-12-22-13-15-23(16-14-22)26-27-24-17-19-25(20-18-24)28-21-11-6-4-2/h13-20H,3-12,21H2,1-2H3. The largest absolute Gasteiger partial charge is 0.494 e. The van der Waals surface area contributed by atoms with E-state index >= 15 is 0 Å². The lowest BCUT2D eigenvalue weighted by Crippen LogP contribution is -1.96. The highest BCUT2D eigenvalue weighted by molar-refractivity contribution is 5.43. The van der Waals surface area contributed by atoms with Crippen LogP contribution in [0, 0.1) is 0 Å². The van der Waals surface area contributed by atoms with Crippen molar-refractivity contribution in [3.63, 3.8) is 0 Å². The molecule has 0 radical (unpaired) electrons. The number of hydrogen-bond donors (Lipinski definition) is 0. The minimum absolute atomic E-state index is 0.778. The van der Waals surface area contributed by atoms with Crippen LogP contribution in [-0.2, 0) is 6.42 Å². The van der Waals surface area contributed by atoms with Crippen LogP contribution >= 0.6 is 0 Å². The van der Waals surface area contributed by atoms with Gasteiger partial charge in [-0.25, -0.2) is 0 Å². The highest BCUT2D eigenvalue weighted by Crippen LogP contribution is 2.22. The predicted molar refractivity (Wildman–Crippen MR) is 119 cm³/mol. The summed E-state index contributed by atoms with van der Waals surface area (Å²) in [7, 11) is 0. The summed E-state index contributed by atoms with van der Waals surface area (Å²) in [5.41, 5.74) is 3.13. The number of benzene rings is 2. The monoisotopic (exact) mass is 380 g/mol. The zero-order chi connectivity index (χ0) is 19.9. The molecule has 0 unspecified atom stereocenters. The van der Waals surface area contributed by atoms with Gasteiger partial charge in [0.25, 0.3) is 0 Å². The molecular weight excluding hydrogens is 344 g/mol. The van der Waals surface area contributed by atoms with Crippen molar-refractivity contribution in [2.24, 2.45) is 10.2 Å². The van der Waals surface area contributed by atoms with Crippen molar-refractivity contribution in [3.8, 4) is 5.75 Å². The van der Waals surface area contributed by atoms with Gasteiger partial charge in [0, 0.05) is 0 Å². The summed E-state index contributed by atoms with van der Waals surface area (Å²) in [5.74, 6) is 0.897. The van der Waals surface area contributed by atoms with Crippen LogP contribution in [0.1, 0.15) is 77.2 Å². The zero-order valence-electron chi connectivity index (χ0n) is 17.7. The molecule has 0 heterocycles. The van der Waals surface area contributed by atoms with Gasteiger partial charge >= 0.3 is 0 Å². The molecule has 0 saturated carbocycles. The van der Waals surface area contributed by atoms with Gasteiger partial charge in [0.2, 0.25) is 0 Å². The molecule has 3 heteroatoms. The molecule has 0 bridgehead atoms. The molecule has 152 valence electrons. The third-order valence-electron chi connectivity index (χ3n) is 4.89. The summed E-state index contributed by atoms with van der Waals surface area (Å²) in [5, 5.41) is 8.68. The van der Waals surface area contributed by atoms with Gasteiger partial charge in [-0.2, -0.15) is 10.2 Å². The van der Waals surface area contributed by atoms with Crippen molar-refractivity contribution >= 4 is 11.4 Å². The van der Waals surface area contributed by atoms with Crippen LogP contribution in [0.15, 0.2) is 58.8 Å². The number of ether oxygens (including phenoxy) is 1. The molecular formula is C25H36N2O. The van der Waals surface area contributed by atoms with Gasteiger partial charge in [-0.1, -0.05) is 70.9 Å². The van der Waals surface area contributed by atoms with Gasteiger partial charge in [-0.3, -0.25) is 0 Å². The molecule has 0 aliphatic rings. The Morgan fingerprint density at radius 1 is 0.607 bits per heavy atom. The highest BCUT2D eigenvalue weighted by Gasteiger charge is 1.97. The second-order valence-corrected chi connectivity index (χ2v) is 7.43. The van der Waals surface area contributed by atoms with E-state index in [4.69, 9.17) is 4.74 Å². The summed E-state index contributed by atoms with van der Waals surface area (Å²) in [6.45, 7) is 5.24. The van der Waals surface area contributed by atoms with Gasteiger partial charge < -0.3 is 4.74 Å². The van der Waals surface area contributed by atoms with Crippen molar-refractivity contribution < 1.29 is 4.74 Å². The first kappa shape index (κ1) is 22.1. The van der Waals surface area contributed by atoms with Crippen LogP contribution in [-0.4, -0.2) is 6.61 Å². The summed E-state index contributed by atoms with van der Waals surface area (Å²) in [6, 6.07) is 16.3. The van der Waals surface area contributed by atoms with Crippen LogP contribution in [0.4, 0.5) is 11.4 Å². The maximum absolute atomic E-state index is 5.73. The van der Waals surface area contributed by atoms with E-state index < -0.39 is 0 Å². The fraction of sp³-hybridized carbons (Fsp3) is 0.520. The lowest BCUT2D eigenvalue weighted by atomic mass is 10.0. The summed E-state index contributed by atoms with van der Waals surface area (Å²) in [4.78, 5) is 0. The van der Waals surface area contributed by atoms with Crippen LogP contribution in [0.2, 0.25) is 0 Å². The summed E-state index contributed by atoms with van der Waals surface area (Å²) in [6.07, 6.45) is 12.7. The van der Waals surface area contributed by atoms with E-state index in [1.54, 1.807) is 0 Å². The Hall–Kier alpha value is -2.16. The molecule has 0 amide bonds. The van der Waals surface area contributed by atoms with Crippen molar-refractivity contribution in [1.29, 1.82) is 0 Å². The first-order valence-corrected chi connectivity index (χ1v) is 11.1. The predicted octanol–water partition coefficient (Wildman–Crippen LogP) is 8.57. The molecule has 0 aliphatic heterocycles. The second kappa shape index (κ2) is 13.9. The molecule has 0 spiro atoms. The molecule has 2 rings (SSSR count). The fourth-order valence-corrected chi connectivity index (χ4v) is 3.11. The van der Waals surface area contributed by atoms with Crippen LogP contribution in [0.5, 0.6) is 5.75 Å². The van der Waals surface area contributed by atoms with Gasteiger partial charge in [0.15, 0.2) is 0 Å². The normalized spacial score (nSPS) is 11.2. The van der Waals surface area contributed by atoms with E-state index in [0.29, 0.717) is 0 Å². The molecule has 3 nitrogen and oxygen atoms in total. The van der Waals surface area contributed by atoms with Crippen molar-refractivity contribution in [1.82, 2.24) is 0 Å².